The normalized spacial score (nSPS) is 21.4. The van der Waals surface area contributed by atoms with Gasteiger partial charge in [0, 0.05) is 35.3 Å². The van der Waals surface area contributed by atoms with Crippen LogP contribution in [0.25, 0.3) is 0 Å². The molecule has 1 aromatic rings. The van der Waals surface area contributed by atoms with Gasteiger partial charge in [0.1, 0.15) is 0 Å². The lowest BCUT2D eigenvalue weighted by Crippen LogP contribution is -2.37. The van der Waals surface area contributed by atoms with Crippen molar-refractivity contribution in [2.75, 3.05) is 20.3 Å². The van der Waals surface area contributed by atoms with E-state index >= 15 is 0 Å². The quantitative estimate of drug-likeness (QED) is 0.907. The van der Waals surface area contributed by atoms with Crippen molar-refractivity contribution in [2.45, 2.75) is 43.2 Å². The summed E-state index contributed by atoms with van der Waals surface area (Å²) in [6.07, 6.45) is 1.84. The van der Waals surface area contributed by atoms with Gasteiger partial charge < -0.3 is 10.1 Å². The zero-order valence-electron chi connectivity index (χ0n) is 12.6. The molecule has 0 saturated carbocycles. The first-order valence-corrected chi connectivity index (χ1v) is 8.62. The molecule has 1 aromatic carbocycles. The molecule has 0 radical (unpaired) electrons. The molecule has 3 unspecified atom stereocenters. The molecule has 0 aromatic heterocycles. The van der Waals surface area contributed by atoms with E-state index in [-0.39, 0.29) is 16.5 Å². The number of aryl methyl sites for hydroxylation is 1. The van der Waals surface area contributed by atoms with E-state index in [0.29, 0.717) is 0 Å². The predicted molar refractivity (Wildman–Crippen MR) is 84.4 cm³/mol. The van der Waals surface area contributed by atoms with Crippen molar-refractivity contribution in [1.82, 2.24) is 5.32 Å². The smallest absolute Gasteiger partial charge is 0.0517 e. The Bertz CT molecular complexity index is 440. The Hall–Kier alpha value is -0.710. The van der Waals surface area contributed by atoms with Crippen LogP contribution in [0.4, 0.5) is 0 Å². The lowest BCUT2D eigenvalue weighted by atomic mass is 10.0. The van der Waals surface area contributed by atoms with E-state index in [9.17, 15) is 4.21 Å². The molecule has 1 saturated heterocycles. The van der Waals surface area contributed by atoms with Gasteiger partial charge in [-0.3, -0.25) is 4.21 Å². The van der Waals surface area contributed by atoms with E-state index in [4.69, 9.17) is 4.74 Å². The molecule has 1 aliphatic rings. The summed E-state index contributed by atoms with van der Waals surface area (Å²) >= 11 is 0. The SMILES string of the molecule is CNC(c1ccc(C)cc1)C(C)S(=O)C1CCOCC1. The minimum atomic E-state index is -0.830. The predicted octanol–water partition coefficient (Wildman–Crippen LogP) is 2.57. The fourth-order valence-corrected chi connectivity index (χ4v) is 4.62. The highest BCUT2D eigenvalue weighted by Crippen LogP contribution is 2.25. The lowest BCUT2D eigenvalue weighted by molar-refractivity contribution is 0.0990. The van der Waals surface area contributed by atoms with Crippen LogP contribution in [-0.4, -0.2) is 35.0 Å². The molecule has 112 valence electrons. The van der Waals surface area contributed by atoms with Crippen molar-refractivity contribution in [1.29, 1.82) is 0 Å². The second-order valence-corrected chi connectivity index (χ2v) is 7.59. The van der Waals surface area contributed by atoms with Crippen LogP contribution in [0.3, 0.4) is 0 Å². The maximum atomic E-state index is 12.8. The maximum Gasteiger partial charge on any atom is 0.0517 e. The second-order valence-electron chi connectivity index (χ2n) is 5.52. The van der Waals surface area contributed by atoms with E-state index in [1.54, 1.807) is 0 Å². The average Bonchev–Trinajstić information content (AvgIpc) is 2.50. The van der Waals surface area contributed by atoms with Crippen molar-refractivity contribution < 1.29 is 8.95 Å². The summed E-state index contributed by atoms with van der Waals surface area (Å²) in [5, 5.41) is 3.71. The molecular weight excluding hydrogens is 270 g/mol. The van der Waals surface area contributed by atoms with E-state index in [0.717, 1.165) is 26.1 Å². The third-order valence-corrected chi connectivity index (χ3v) is 6.21. The third kappa shape index (κ3) is 3.68. The molecule has 2 rings (SSSR count). The fraction of sp³-hybridized carbons (Fsp3) is 0.625. The maximum absolute atomic E-state index is 12.8. The summed E-state index contributed by atoms with van der Waals surface area (Å²) in [6, 6.07) is 8.63. The Morgan fingerprint density at radius 2 is 1.85 bits per heavy atom. The molecule has 0 amide bonds. The van der Waals surface area contributed by atoms with Crippen LogP contribution in [0.5, 0.6) is 0 Å². The van der Waals surface area contributed by atoms with Crippen LogP contribution in [0.2, 0.25) is 0 Å². The minimum absolute atomic E-state index is 0.103. The average molecular weight is 295 g/mol. The highest BCUT2D eigenvalue weighted by atomic mass is 32.2. The summed E-state index contributed by atoms with van der Waals surface area (Å²) in [4.78, 5) is 0. The number of benzene rings is 1. The molecule has 1 heterocycles. The number of nitrogens with one attached hydrogen (secondary N) is 1. The van der Waals surface area contributed by atoms with Crippen LogP contribution in [0, 0.1) is 6.92 Å². The largest absolute Gasteiger partial charge is 0.381 e. The summed E-state index contributed by atoms with van der Waals surface area (Å²) < 4.78 is 18.1. The van der Waals surface area contributed by atoms with Gasteiger partial charge in [-0.05, 0) is 39.3 Å². The molecule has 4 heteroatoms. The Morgan fingerprint density at radius 3 is 2.40 bits per heavy atom. The molecule has 0 bridgehead atoms. The monoisotopic (exact) mass is 295 g/mol. The first kappa shape index (κ1) is 15.7. The van der Waals surface area contributed by atoms with Crippen molar-refractivity contribution in [3.63, 3.8) is 0 Å². The van der Waals surface area contributed by atoms with Gasteiger partial charge in [-0.25, -0.2) is 0 Å². The van der Waals surface area contributed by atoms with Crippen molar-refractivity contribution in [2.24, 2.45) is 0 Å². The fourth-order valence-electron chi connectivity index (χ4n) is 2.79. The van der Waals surface area contributed by atoms with E-state index in [1.807, 2.05) is 7.05 Å². The van der Waals surface area contributed by atoms with Crippen molar-refractivity contribution >= 4 is 10.8 Å². The van der Waals surface area contributed by atoms with Gasteiger partial charge >= 0.3 is 0 Å². The summed E-state index contributed by atoms with van der Waals surface area (Å²) in [6.45, 7) is 5.67. The molecule has 1 aliphatic heterocycles. The zero-order chi connectivity index (χ0) is 14.5. The van der Waals surface area contributed by atoms with Gasteiger partial charge in [0.05, 0.1) is 5.25 Å². The number of ether oxygens (including phenoxy) is 1. The molecular formula is C16H25NO2S. The molecule has 3 nitrogen and oxygen atoms in total. The van der Waals surface area contributed by atoms with Crippen LogP contribution < -0.4 is 5.32 Å². The molecule has 0 aliphatic carbocycles. The van der Waals surface area contributed by atoms with Gasteiger partial charge in [-0.1, -0.05) is 29.8 Å². The molecule has 20 heavy (non-hydrogen) atoms. The summed E-state index contributed by atoms with van der Waals surface area (Å²) in [5.74, 6) is 0. The van der Waals surface area contributed by atoms with Crippen LogP contribution in [0.1, 0.15) is 36.9 Å². The Morgan fingerprint density at radius 1 is 1.25 bits per heavy atom. The first-order valence-electron chi connectivity index (χ1n) is 7.34. The standard InChI is InChI=1S/C16H25NO2S/c1-12-4-6-14(7-5-12)16(17-3)13(2)20(18)15-8-10-19-11-9-15/h4-7,13,15-17H,8-11H2,1-3H3. The van der Waals surface area contributed by atoms with E-state index < -0.39 is 10.8 Å². The molecule has 1 fully saturated rings. The molecule has 0 spiro atoms. The Kier molecular flexibility index (Phi) is 5.75. The Labute approximate surface area is 124 Å². The number of hydrogen-bond acceptors (Lipinski definition) is 3. The lowest BCUT2D eigenvalue weighted by Gasteiger charge is -2.29. The third-order valence-electron chi connectivity index (χ3n) is 4.08. The van der Waals surface area contributed by atoms with Crippen LogP contribution in [0.15, 0.2) is 24.3 Å². The van der Waals surface area contributed by atoms with Crippen LogP contribution in [-0.2, 0) is 15.5 Å². The molecule has 1 N–H and O–H groups in total. The second kappa shape index (κ2) is 7.34. The molecule has 3 atom stereocenters. The summed E-state index contributed by atoms with van der Waals surface area (Å²) in [7, 11) is 1.12. The zero-order valence-corrected chi connectivity index (χ0v) is 13.4. The number of rotatable bonds is 5. The van der Waals surface area contributed by atoms with Crippen LogP contribution >= 0.6 is 0 Å². The van der Waals surface area contributed by atoms with E-state index in [2.05, 4.69) is 43.4 Å². The highest BCUT2D eigenvalue weighted by Gasteiger charge is 2.29. The number of hydrogen-bond donors (Lipinski definition) is 1. The topological polar surface area (TPSA) is 38.3 Å². The van der Waals surface area contributed by atoms with Gasteiger partial charge in [0.2, 0.25) is 0 Å². The van der Waals surface area contributed by atoms with Gasteiger partial charge in [-0.2, -0.15) is 0 Å². The highest BCUT2D eigenvalue weighted by molar-refractivity contribution is 7.86. The van der Waals surface area contributed by atoms with Crippen molar-refractivity contribution in [3.05, 3.63) is 35.4 Å². The van der Waals surface area contributed by atoms with Gasteiger partial charge in [-0.15, -0.1) is 0 Å². The minimum Gasteiger partial charge on any atom is -0.381 e. The first-order chi connectivity index (χ1) is 9.63. The Balaban J connectivity index is 2.09. The van der Waals surface area contributed by atoms with Gasteiger partial charge in [0.15, 0.2) is 0 Å². The summed E-state index contributed by atoms with van der Waals surface area (Å²) in [5.41, 5.74) is 2.47. The van der Waals surface area contributed by atoms with Crippen molar-refractivity contribution in [3.8, 4) is 0 Å². The van der Waals surface area contributed by atoms with E-state index in [1.165, 1.54) is 11.1 Å². The van der Waals surface area contributed by atoms with Gasteiger partial charge in [0.25, 0.3) is 0 Å².